The standard InChI is InChI=1S/C11H19N3OS2/c1-7(12)3-4-16-6-9-5-10(11(15)14-13)17-8(9)2/h5,7H,3-4,6,12-13H2,1-2H3,(H,14,15). The lowest BCUT2D eigenvalue weighted by molar-refractivity contribution is 0.0957. The van der Waals surface area contributed by atoms with E-state index in [0.717, 1.165) is 17.9 Å². The molecular formula is C11H19N3OS2. The number of nitrogens with one attached hydrogen (secondary N) is 1. The second kappa shape index (κ2) is 7.00. The topological polar surface area (TPSA) is 81.1 Å². The highest BCUT2D eigenvalue weighted by atomic mass is 32.2. The van der Waals surface area contributed by atoms with Crippen LogP contribution < -0.4 is 17.0 Å². The van der Waals surface area contributed by atoms with Crippen molar-refractivity contribution >= 4 is 29.0 Å². The zero-order valence-corrected chi connectivity index (χ0v) is 11.8. The van der Waals surface area contributed by atoms with E-state index in [2.05, 4.69) is 5.43 Å². The largest absolute Gasteiger partial charge is 0.328 e. The molecule has 1 atom stereocenters. The molecule has 1 rings (SSSR count). The molecule has 0 aliphatic carbocycles. The van der Waals surface area contributed by atoms with Crippen LogP contribution >= 0.6 is 23.1 Å². The first kappa shape index (κ1) is 14.5. The monoisotopic (exact) mass is 273 g/mol. The molecule has 6 heteroatoms. The van der Waals surface area contributed by atoms with Gasteiger partial charge in [-0.1, -0.05) is 0 Å². The molecule has 1 unspecified atom stereocenters. The van der Waals surface area contributed by atoms with Crippen LogP contribution in [-0.4, -0.2) is 17.7 Å². The molecule has 1 heterocycles. The smallest absolute Gasteiger partial charge is 0.275 e. The summed E-state index contributed by atoms with van der Waals surface area (Å²) >= 11 is 3.33. The Kier molecular flexibility index (Phi) is 5.97. The van der Waals surface area contributed by atoms with Gasteiger partial charge in [-0.2, -0.15) is 11.8 Å². The third kappa shape index (κ3) is 4.67. The van der Waals surface area contributed by atoms with Crippen LogP contribution in [0.5, 0.6) is 0 Å². The molecule has 0 aliphatic rings. The number of amides is 1. The van der Waals surface area contributed by atoms with E-state index in [-0.39, 0.29) is 11.9 Å². The molecule has 0 fully saturated rings. The van der Waals surface area contributed by atoms with Gasteiger partial charge in [0.25, 0.3) is 5.91 Å². The molecule has 96 valence electrons. The molecule has 5 N–H and O–H groups in total. The Bertz CT molecular complexity index is 377. The number of nitrogens with two attached hydrogens (primary N) is 2. The van der Waals surface area contributed by atoms with Crippen molar-refractivity contribution in [2.45, 2.75) is 32.1 Å². The van der Waals surface area contributed by atoms with Gasteiger partial charge in [-0.05, 0) is 37.7 Å². The Morgan fingerprint density at radius 2 is 2.35 bits per heavy atom. The lowest BCUT2D eigenvalue weighted by Crippen LogP contribution is -2.29. The van der Waals surface area contributed by atoms with Gasteiger partial charge in [-0.3, -0.25) is 10.2 Å². The lowest BCUT2D eigenvalue weighted by Gasteiger charge is -2.04. The number of thioether (sulfide) groups is 1. The van der Waals surface area contributed by atoms with Gasteiger partial charge in [0.2, 0.25) is 0 Å². The maximum atomic E-state index is 11.3. The van der Waals surface area contributed by atoms with Crippen LogP contribution in [0.2, 0.25) is 0 Å². The molecule has 0 bridgehead atoms. The summed E-state index contributed by atoms with van der Waals surface area (Å²) < 4.78 is 0. The van der Waals surface area contributed by atoms with Crippen LogP contribution in [0.1, 0.15) is 33.5 Å². The molecule has 0 aliphatic heterocycles. The minimum atomic E-state index is -0.218. The summed E-state index contributed by atoms with van der Waals surface area (Å²) in [7, 11) is 0. The second-order valence-electron chi connectivity index (χ2n) is 3.98. The van der Waals surface area contributed by atoms with Crippen LogP contribution in [0.3, 0.4) is 0 Å². The van der Waals surface area contributed by atoms with Crippen LogP contribution in [0.4, 0.5) is 0 Å². The van der Waals surface area contributed by atoms with Gasteiger partial charge >= 0.3 is 0 Å². The summed E-state index contributed by atoms with van der Waals surface area (Å²) in [5.41, 5.74) is 9.05. The predicted molar refractivity (Wildman–Crippen MR) is 75.1 cm³/mol. The number of thiophene rings is 1. The van der Waals surface area contributed by atoms with E-state index in [0.29, 0.717) is 4.88 Å². The summed E-state index contributed by atoms with van der Waals surface area (Å²) in [4.78, 5) is 13.2. The van der Waals surface area contributed by atoms with Crippen molar-refractivity contribution in [2.24, 2.45) is 11.6 Å². The van der Waals surface area contributed by atoms with Crippen molar-refractivity contribution in [1.82, 2.24) is 5.43 Å². The van der Waals surface area contributed by atoms with Gasteiger partial charge in [0, 0.05) is 16.7 Å². The fourth-order valence-corrected chi connectivity index (χ4v) is 3.54. The highest BCUT2D eigenvalue weighted by Crippen LogP contribution is 2.25. The van der Waals surface area contributed by atoms with E-state index in [1.807, 2.05) is 31.7 Å². The summed E-state index contributed by atoms with van der Waals surface area (Å²) in [6.45, 7) is 4.04. The second-order valence-corrected chi connectivity index (χ2v) is 6.35. The van der Waals surface area contributed by atoms with Gasteiger partial charge < -0.3 is 5.73 Å². The third-order valence-electron chi connectivity index (χ3n) is 2.35. The van der Waals surface area contributed by atoms with E-state index in [1.54, 1.807) is 0 Å². The zero-order valence-electron chi connectivity index (χ0n) is 10.2. The van der Waals surface area contributed by atoms with E-state index in [9.17, 15) is 4.79 Å². The Morgan fingerprint density at radius 1 is 1.65 bits per heavy atom. The van der Waals surface area contributed by atoms with E-state index in [4.69, 9.17) is 11.6 Å². The van der Waals surface area contributed by atoms with Gasteiger partial charge in [-0.15, -0.1) is 11.3 Å². The molecule has 1 aromatic rings. The number of nitrogen functional groups attached to an aromatic ring is 1. The first-order valence-electron chi connectivity index (χ1n) is 5.48. The average molecular weight is 273 g/mol. The third-order valence-corrected chi connectivity index (χ3v) is 4.48. The van der Waals surface area contributed by atoms with Gasteiger partial charge in [0.05, 0.1) is 4.88 Å². The molecule has 1 amide bonds. The number of hydrogen-bond donors (Lipinski definition) is 3. The van der Waals surface area contributed by atoms with Crippen molar-refractivity contribution in [3.8, 4) is 0 Å². The van der Waals surface area contributed by atoms with Crippen molar-refractivity contribution < 1.29 is 4.79 Å². The van der Waals surface area contributed by atoms with Crippen LogP contribution in [0, 0.1) is 6.92 Å². The minimum absolute atomic E-state index is 0.218. The first-order valence-corrected chi connectivity index (χ1v) is 7.45. The molecule has 0 saturated carbocycles. The highest BCUT2D eigenvalue weighted by molar-refractivity contribution is 7.98. The number of carbonyl (C=O) groups is 1. The molecule has 17 heavy (non-hydrogen) atoms. The molecule has 0 radical (unpaired) electrons. The Morgan fingerprint density at radius 3 is 2.94 bits per heavy atom. The van der Waals surface area contributed by atoms with Gasteiger partial charge in [0.15, 0.2) is 0 Å². The molecule has 1 aromatic heterocycles. The van der Waals surface area contributed by atoms with Crippen molar-refractivity contribution in [2.75, 3.05) is 5.75 Å². The number of aryl methyl sites for hydroxylation is 1. The first-order chi connectivity index (χ1) is 8.04. The molecule has 0 aromatic carbocycles. The number of hydrazine groups is 1. The molecule has 0 spiro atoms. The summed E-state index contributed by atoms with van der Waals surface area (Å²) in [6.07, 6.45) is 1.02. The summed E-state index contributed by atoms with van der Waals surface area (Å²) in [5.74, 6) is 6.86. The molecular weight excluding hydrogens is 254 g/mol. The Balaban J connectivity index is 2.48. The quantitative estimate of drug-likeness (QED) is 0.318. The van der Waals surface area contributed by atoms with Crippen molar-refractivity contribution in [3.05, 3.63) is 21.4 Å². The van der Waals surface area contributed by atoms with Crippen LogP contribution in [0.25, 0.3) is 0 Å². The molecule has 0 saturated heterocycles. The normalized spacial score (nSPS) is 12.5. The predicted octanol–water partition coefficient (Wildman–Crippen LogP) is 1.63. The fourth-order valence-electron chi connectivity index (χ4n) is 1.30. The number of hydrogen-bond acceptors (Lipinski definition) is 5. The summed E-state index contributed by atoms with van der Waals surface area (Å²) in [6, 6.07) is 2.17. The maximum Gasteiger partial charge on any atom is 0.275 e. The summed E-state index contributed by atoms with van der Waals surface area (Å²) in [5, 5.41) is 0. The maximum absolute atomic E-state index is 11.3. The fraction of sp³-hybridized carbons (Fsp3) is 0.545. The van der Waals surface area contributed by atoms with E-state index >= 15 is 0 Å². The van der Waals surface area contributed by atoms with Gasteiger partial charge in [0.1, 0.15) is 0 Å². The molecule has 4 nitrogen and oxygen atoms in total. The zero-order chi connectivity index (χ0) is 12.8. The van der Waals surface area contributed by atoms with Crippen molar-refractivity contribution in [1.29, 1.82) is 0 Å². The average Bonchev–Trinajstić information content (AvgIpc) is 2.65. The van der Waals surface area contributed by atoms with Crippen LogP contribution in [0.15, 0.2) is 6.07 Å². The Hall–Kier alpha value is -0.560. The lowest BCUT2D eigenvalue weighted by atomic mass is 10.3. The number of carbonyl (C=O) groups excluding carboxylic acids is 1. The highest BCUT2D eigenvalue weighted by Gasteiger charge is 2.11. The van der Waals surface area contributed by atoms with Crippen molar-refractivity contribution in [3.63, 3.8) is 0 Å². The van der Waals surface area contributed by atoms with E-state index < -0.39 is 0 Å². The Labute approximate surface area is 110 Å². The van der Waals surface area contributed by atoms with Crippen LogP contribution in [-0.2, 0) is 5.75 Å². The van der Waals surface area contributed by atoms with E-state index in [1.165, 1.54) is 21.8 Å². The minimum Gasteiger partial charge on any atom is -0.328 e. The van der Waals surface area contributed by atoms with Gasteiger partial charge in [-0.25, -0.2) is 5.84 Å². The number of rotatable bonds is 6. The SMILES string of the molecule is Cc1sc(C(=O)NN)cc1CSCCC(C)N.